The van der Waals surface area contributed by atoms with Crippen LogP contribution < -0.4 is 11.1 Å². The Morgan fingerprint density at radius 1 is 1.22 bits per heavy atom. The van der Waals surface area contributed by atoms with Crippen LogP contribution in [-0.4, -0.2) is 22.6 Å². The minimum Gasteiger partial charge on any atom is -0.354 e. The Balaban J connectivity index is 1.44. The van der Waals surface area contributed by atoms with Crippen LogP contribution in [0.2, 0.25) is 0 Å². The van der Waals surface area contributed by atoms with Crippen LogP contribution in [0.3, 0.4) is 0 Å². The molecule has 3 N–H and O–H groups in total. The molecule has 0 aliphatic rings. The summed E-state index contributed by atoms with van der Waals surface area (Å²) in [5.41, 5.74) is 9.39. The topological polar surface area (TPSA) is 94.0 Å². The fraction of sp³-hybridized carbons (Fsp3) is 0.350. The Morgan fingerprint density at radius 2 is 1.96 bits per heavy atom. The van der Waals surface area contributed by atoms with E-state index in [1.165, 1.54) is 5.56 Å². The van der Waals surface area contributed by atoms with Crippen molar-refractivity contribution in [3.63, 3.8) is 0 Å². The number of benzene rings is 1. The molecular weight excluding hydrogens is 360 g/mol. The minimum atomic E-state index is -0.233. The van der Waals surface area contributed by atoms with Gasteiger partial charge >= 0.3 is 0 Å². The molecule has 2 aromatic heterocycles. The number of nitrogens with one attached hydrogen (secondary N) is 1. The summed E-state index contributed by atoms with van der Waals surface area (Å²) < 4.78 is 5.20. The lowest BCUT2D eigenvalue weighted by Crippen LogP contribution is -2.32. The molecular formula is C20H24N4O2S. The van der Waals surface area contributed by atoms with Crippen molar-refractivity contribution in [1.29, 1.82) is 0 Å². The Bertz CT molecular complexity index is 857. The predicted molar refractivity (Wildman–Crippen MR) is 106 cm³/mol. The van der Waals surface area contributed by atoms with Gasteiger partial charge in [-0.2, -0.15) is 16.3 Å². The molecule has 0 saturated heterocycles. The smallest absolute Gasteiger partial charge is 0.227 e. The van der Waals surface area contributed by atoms with Crippen molar-refractivity contribution in [1.82, 2.24) is 15.5 Å². The second-order valence-electron chi connectivity index (χ2n) is 6.76. The molecule has 0 fully saturated rings. The summed E-state index contributed by atoms with van der Waals surface area (Å²) in [7, 11) is 0. The number of nitrogens with zero attached hydrogens (tertiary/aromatic N) is 2. The molecule has 3 aromatic rings. The summed E-state index contributed by atoms with van der Waals surface area (Å²) in [5.74, 6) is 1.41. The Morgan fingerprint density at radius 3 is 2.63 bits per heavy atom. The van der Waals surface area contributed by atoms with Crippen molar-refractivity contribution in [2.45, 2.75) is 38.6 Å². The van der Waals surface area contributed by atoms with Crippen molar-refractivity contribution >= 4 is 17.2 Å². The lowest BCUT2D eigenvalue weighted by atomic mass is 9.99. The fourth-order valence-corrected chi connectivity index (χ4v) is 3.28. The number of amides is 1. The van der Waals surface area contributed by atoms with Crippen LogP contribution in [0.4, 0.5) is 0 Å². The van der Waals surface area contributed by atoms with E-state index in [1.807, 2.05) is 29.0 Å². The predicted octanol–water partition coefficient (Wildman–Crippen LogP) is 3.67. The molecule has 1 atom stereocenters. The highest BCUT2D eigenvalue weighted by Crippen LogP contribution is 2.19. The summed E-state index contributed by atoms with van der Waals surface area (Å²) in [6.45, 7) is 4.70. The molecule has 1 aromatic carbocycles. The second-order valence-corrected chi connectivity index (χ2v) is 7.54. The van der Waals surface area contributed by atoms with Gasteiger partial charge in [0, 0.05) is 36.4 Å². The maximum absolute atomic E-state index is 12.1. The Hall–Kier alpha value is -2.51. The average molecular weight is 385 g/mol. The van der Waals surface area contributed by atoms with Crippen molar-refractivity contribution < 1.29 is 9.32 Å². The van der Waals surface area contributed by atoms with E-state index < -0.39 is 0 Å². The van der Waals surface area contributed by atoms with E-state index in [1.54, 1.807) is 11.3 Å². The largest absolute Gasteiger partial charge is 0.354 e. The van der Waals surface area contributed by atoms with Gasteiger partial charge in [-0.15, -0.1) is 0 Å². The normalized spacial score (nSPS) is 12.3. The number of rotatable bonds is 8. The molecule has 3 rings (SSSR count). The molecule has 0 aliphatic heterocycles. The van der Waals surface area contributed by atoms with Gasteiger partial charge in [0.1, 0.15) is 0 Å². The van der Waals surface area contributed by atoms with Gasteiger partial charge in [-0.3, -0.25) is 4.79 Å². The third kappa shape index (κ3) is 5.24. The molecule has 6 nitrogen and oxygen atoms in total. The first-order chi connectivity index (χ1) is 13.0. The molecule has 0 saturated carbocycles. The SMILES string of the molecule is CC(C)c1ccc(C(N)CNC(=O)CCc2nc(-c3ccsc3)no2)cc1. The van der Waals surface area contributed by atoms with Crippen molar-refractivity contribution in [3.8, 4) is 11.4 Å². The van der Waals surface area contributed by atoms with E-state index in [2.05, 4.69) is 41.4 Å². The van der Waals surface area contributed by atoms with Gasteiger partial charge in [0.15, 0.2) is 0 Å². The summed E-state index contributed by atoms with van der Waals surface area (Å²) >= 11 is 1.57. The Labute approximate surface area is 162 Å². The minimum absolute atomic E-state index is 0.0838. The summed E-state index contributed by atoms with van der Waals surface area (Å²) in [6.07, 6.45) is 0.686. The van der Waals surface area contributed by atoms with E-state index in [0.717, 1.165) is 11.1 Å². The van der Waals surface area contributed by atoms with Crippen LogP contribution >= 0.6 is 11.3 Å². The van der Waals surface area contributed by atoms with Gasteiger partial charge in [0.25, 0.3) is 0 Å². The van der Waals surface area contributed by atoms with Crippen LogP contribution in [0.5, 0.6) is 0 Å². The van der Waals surface area contributed by atoms with E-state index in [0.29, 0.717) is 30.6 Å². The van der Waals surface area contributed by atoms with E-state index in [9.17, 15) is 4.79 Å². The van der Waals surface area contributed by atoms with Gasteiger partial charge < -0.3 is 15.6 Å². The highest BCUT2D eigenvalue weighted by atomic mass is 32.1. The maximum atomic E-state index is 12.1. The quantitative estimate of drug-likeness (QED) is 0.618. The van der Waals surface area contributed by atoms with Crippen LogP contribution in [0.1, 0.15) is 49.2 Å². The van der Waals surface area contributed by atoms with E-state index >= 15 is 0 Å². The third-order valence-electron chi connectivity index (χ3n) is 4.36. The molecule has 1 unspecified atom stereocenters. The molecule has 7 heteroatoms. The second kappa shape index (κ2) is 8.92. The van der Waals surface area contributed by atoms with Gasteiger partial charge in [-0.1, -0.05) is 43.3 Å². The van der Waals surface area contributed by atoms with Crippen LogP contribution in [0.15, 0.2) is 45.6 Å². The third-order valence-corrected chi connectivity index (χ3v) is 5.05. The van der Waals surface area contributed by atoms with E-state index in [4.69, 9.17) is 10.3 Å². The average Bonchev–Trinajstić information content (AvgIpc) is 3.35. The summed E-state index contributed by atoms with van der Waals surface area (Å²) in [4.78, 5) is 16.4. The van der Waals surface area contributed by atoms with Crippen molar-refractivity contribution in [2.24, 2.45) is 5.73 Å². The number of nitrogens with two attached hydrogens (primary N) is 1. The molecule has 27 heavy (non-hydrogen) atoms. The standard InChI is InChI=1S/C20H24N4O2S/c1-13(2)14-3-5-15(6-4-14)17(21)11-22-18(25)7-8-19-23-20(24-26-19)16-9-10-27-12-16/h3-6,9-10,12-13,17H,7-8,11,21H2,1-2H3,(H,22,25). The zero-order chi connectivity index (χ0) is 19.2. The molecule has 0 aliphatic carbocycles. The molecule has 2 heterocycles. The number of hydrogen-bond donors (Lipinski definition) is 2. The van der Waals surface area contributed by atoms with Gasteiger partial charge in [0.05, 0.1) is 0 Å². The molecule has 0 bridgehead atoms. The maximum Gasteiger partial charge on any atom is 0.227 e. The first kappa shape index (κ1) is 19.3. The number of aryl methyl sites for hydroxylation is 1. The van der Waals surface area contributed by atoms with Crippen molar-refractivity contribution in [3.05, 3.63) is 58.1 Å². The van der Waals surface area contributed by atoms with Gasteiger partial charge in [-0.25, -0.2) is 0 Å². The Kier molecular flexibility index (Phi) is 6.36. The van der Waals surface area contributed by atoms with E-state index in [-0.39, 0.29) is 18.4 Å². The highest BCUT2D eigenvalue weighted by molar-refractivity contribution is 7.08. The van der Waals surface area contributed by atoms with Gasteiger partial charge in [-0.05, 0) is 28.5 Å². The van der Waals surface area contributed by atoms with Crippen LogP contribution in [0, 0.1) is 0 Å². The number of carbonyl (C=O) groups is 1. The molecule has 1 amide bonds. The molecule has 142 valence electrons. The fourth-order valence-electron chi connectivity index (χ4n) is 2.64. The lowest BCUT2D eigenvalue weighted by molar-refractivity contribution is -0.121. The molecule has 0 radical (unpaired) electrons. The number of carbonyl (C=O) groups excluding carboxylic acids is 1. The van der Waals surface area contributed by atoms with Crippen LogP contribution in [-0.2, 0) is 11.2 Å². The first-order valence-corrected chi connectivity index (χ1v) is 9.94. The summed E-state index contributed by atoms with van der Waals surface area (Å²) in [6, 6.07) is 9.92. The number of hydrogen-bond acceptors (Lipinski definition) is 6. The first-order valence-electron chi connectivity index (χ1n) is 9.00. The zero-order valence-electron chi connectivity index (χ0n) is 15.5. The van der Waals surface area contributed by atoms with Crippen LogP contribution in [0.25, 0.3) is 11.4 Å². The highest BCUT2D eigenvalue weighted by Gasteiger charge is 2.12. The number of aromatic nitrogens is 2. The number of thiophene rings is 1. The summed E-state index contributed by atoms with van der Waals surface area (Å²) in [5, 5.41) is 10.7. The lowest BCUT2D eigenvalue weighted by Gasteiger charge is -2.14. The van der Waals surface area contributed by atoms with Crippen molar-refractivity contribution in [2.75, 3.05) is 6.54 Å². The van der Waals surface area contributed by atoms with Gasteiger partial charge in [0.2, 0.25) is 17.6 Å². The monoisotopic (exact) mass is 384 g/mol. The zero-order valence-corrected chi connectivity index (χ0v) is 16.3. The molecule has 0 spiro atoms.